The number of carbonyl (C=O) groups is 2. The van der Waals surface area contributed by atoms with Crippen LogP contribution in [-0.2, 0) is 14.3 Å². The molecule has 1 aromatic heterocycles. The van der Waals surface area contributed by atoms with Crippen LogP contribution in [0.15, 0.2) is 56.8 Å². The van der Waals surface area contributed by atoms with Crippen LogP contribution in [0, 0.1) is 28.6 Å². The van der Waals surface area contributed by atoms with Crippen LogP contribution in [0.3, 0.4) is 0 Å². The molecule has 7 heteroatoms. The molecule has 6 rings (SSSR count). The number of rotatable bonds is 5. The summed E-state index contributed by atoms with van der Waals surface area (Å²) in [5, 5.41) is 10.4. The van der Waals surface area contributed by atoms with Gasteiger partial charge >= 0.3 is 11.6 Å². The summed E-state index contributed by atoms with van der Waals surface area (Å²) in [7, 11) is 0. The van der Waals surface area contributed by atoms with Crippen molar-refractivity contribution < 1.29 is 28.6 Å². The summed E-state index contributed by atoms with van der Waals surface area (Å²) in [4.78, 5) is 34.9. The standard InChI is InChI=1S/C22H32O3.C14H14O4/c1-4-20(24)25-19-8-7-17-16-6-5-14-13-15(23)9-11-21(14,2)18(16)10-12-22(17,19)3;1-9(2)5-6-17-13-8-12-10(7-11(13)15)3-4-14(16)18-12/h13,16-19H,4-12H2,1-3H3;3-5,7-8,15H,6H2,1-2H3. The Labute approximate surface area is 254 Å². The Morgan fingerprint density at radius 2 is 1.84 bits per heavy atom. The monoisotopic (exact) mass is 590 g/mol. The molecule has 0 aliphatic heterocycles. The highest BCUT2D eigenvalue weighted by atomic mass is 16.5. The lowest BCUT2D eigenvalue weighted by atomic mass is 9.47. The summed E-state index contributed by atoms with van der Waals surface area (Å²) >= 11 is 0. The number of esters is 1. The van der Waals surface area contributed by atoms with Crippen LogP contribution in [-0.4, -0.2) is 29.6 Å². The lowest BCUT2D eigenvalue weighted by Gasteiger charge is -2.57. The van der Waals surface area contributed by atoms with Gasteiger partial charge in [-0.3, -0.25) is 9.59 Å². The van der Waals surface area contributed by atoms with E-state index in [1.54, 1.807) is 6.07 Å². The average Bonchev–Trinajstić information content (AvgIpc) is 3.29. The highest BCUT2D eigenvalue weighted by Crippen LogP contribution is 2.65. The Morgan fingerprint density at radius 1 is 1.05 bits per heavy atom. The first-order chi connectivity index (χ1) is 20.4. The van der Waals surface area contributed by atoms with Crippen LogP contribution in [0.25, 0.3) is 11.0 Å². The van der Waals surface area contributed by atoms with E-state index in [9.17, 15) is 19.5 Å². The van der Waals surface area contributed by atoms with Crippen molar-refractivity contribution in [2.45, 2.75) is 98.5 Å². The van der Waals surface area contributed by atoms with E-state index < -0.39 is 5.63 Å². The van der Waals surface area contributed by atoms with E-state index in [0.717, 1.165) is 43.6 Å². The number of fused-ring (bicyclic) bond motifs is 6. The summed E-state index contributed by atoms with van der Waals surface area (Å²) in [6, 6.07) is 5.94. The van der Waals surface area contributed by atoms with Gasteiger partial charge in [0.25, 0.3) is 0 Å². The molecule has 0 amide bonds. The molecular weight excluding hydrogens is 544 g/mol. The Bertz CT molecular complexity index is 1490. The summed E-state index contributed by atoms with van der Waals surface area (Å²) in [6.07, 6.45) is 13.2. The molecule has 0 spiro atoms. The molecule has 3 fully saturated rings. The summed E-state index contributed by atoms with van der Waals surface area (Å²) < 4.78 is 16.3. The number of hydrogen-bond acceptors (Lipinski definition) is 7. The molecule has 1 N–H and O–H groups in total. The number of aromatic hydroxyl groups is 1. The molecule has 0 bridgehead atoms. The molecule has 3 saturated carbocycles. The average molecular weight is 591 g/mol. The number of hydrogen-bond donors (Lipinski definition) is 1. The highest BCUT2D eigenvalue weighted by Gasteiger charge is 2.59. The largest absolute Gasteiger partial charge is 0.504 e. The molecule has 232 valence electrons. The highest BCUT2D eigenvalue weighted by molar-refractivity contribution is 5.91. The summed E-state index contributed by atoms with van der Waals surface area (Å²) in [5.41, 5.74) is 2.92. The zero-order valence-electron chi connectivity index (χ0n) is 26.2. The van der Waals surface area contributed by atoms with Crippen LogP contribution < -0.4 is 10.4 Å². The maximum absolute atomic E-state index is 11.9. The molecule has 4 aliphatic carbocycles. The molecule has 0 saturated heterocycles. The number of phenols is 1. The van der Waals surface area contributed by atoms with Crippen LogP contribution in [0.4, 0.5) is 0 Å². The fourth-order valence-corrected chi connectivity index (χ4v) is 8.45. The van der Waals surface area contributed by atoms with E-state index in [1.807, 2.05) is 32.9 Å². The Hall–Kier alpha value is -3.35. The van der Waals surface area contributed by atoms with Crippen LogP contribution >= 0.6 is 0 Å². The SMILES string of the molecule is CC(C)=CCOc1cc2oc(=O)ccc2cc1O.CCC(=O)OC1CCC2C3CCC4=CC(=O)CCC4(C)C3CCC12C. The lowest BCUT2D eigenvalue weighted by Crippen LogP contribution is -2.51. The number of phenolic OH excluding ortho intramolecular Hbond substituents is 1. The lowest BCUT2D eigenvalue weighted by molar-refractivity contribution is -0.159. The molecule has 6 atom stereocenters. The third kappa shape index (κ3) is 6.18. The molecule has 1 heterocycles. The van der Waals surface area contributed by atoms with Gasteiger partial charge in [-0.25, -0.2) is 4.79 Å². The van der Waals surface area contributed by atoms with E-state index >= 15 is 0 Å². The maximum Gasteiger partial charge on any atom is 0.336 e. The van der Waals surface area contributed by atoms with E-state index in [4.69, 9.17) is 13.9 Å². The van der Waals surface area contributed by atoms with E-state index in [1.165, 1.54) is 43.0 Å². The van der Waals surface area contributed by atoms with Crippen molar-refractivity contribution in [2.24, 2.45) is 28.6 Å². The molecule has 2 aromatic rings. The Morgan fingerprint density at radius 3 is 2.58 bits per heavy atom. The number of carbonyl (C=O) groups excluding carboxylic acids is 2. The van der Waals surface area contributed by atoms with Gasteiger partial charge in [-0.1, -0.05) is 31.9 Å². The quantitative estimate of drug-likeness (QED) is 0.216. The van der Waals surface area contributed by atoms with E-state index in [-0.39, 0.29) is 28.7 Å². The molecule has 7 nitrogen and oxygen atoms in total. The Balaban J connectivity index is 0.000000181. The minimum atomic E-state index is -0.427. The maximum atomic E-state index is 11.9. The van der Waals surface area contributed by atoms with Crippen molar-refractivity contribution in [3.8, 4) is 11.5 Å². The van der Waals surface area contributed by atoms with Gasteiger partial charge in [-0.2, -0.15) is 0 Å². The van der Waals surface area contributed by atoms with Crippen LogP contribution in [0.5, 0.6) is 11.5 Å². The van der Waals surface area contributed by atoms with Crippen molar-refractivity contribution in [3.05, 3.63) is 58.0 Å². The first-order valence-corrected chi connectivity index (χ1v) is 15.9. The molecule has 6 unspecified atom stereocenters. The molecular formula is C36H46O7. The predicted octanol–water partition coefficient (Wildman–Crippen LogP) is 7.68. The number of allylic oxidation sites excluding steroid dienone is 2. The van der Waals surface area contributed by atoms with Gasteiger partial charge in [0, 0.05) is 35.8 Å². The van der Waals surface area contributed by atoms with E-state index in [2.05, 4.69) is 13.8 Å². The van der Waals surface area contributed by atoms with Gasteiger partial charge in [0.2, 0.25) is 0 Å². The smallest absolute Gasteiger partial charge is 0.336 e. The number of benzene rings is 1. The molecule has 4 aliphatic rings. The van der Waals surface area contributed by atoms with Crippen LogP contribution in [0.2, 0.25) is 0 Å². The van der Waals surface area contributed by atoms with Gasteiger partial charge in [-0.15, -0.1) is 0 Å². The number of ketones is 1. The second-order valence-corrected chi connectivity index (χ2v) is 13.6. The first kappa shape index (κ1) is 31.1. The zero-order valence-corrected chi connectivity index (χ0v) is 26.2. The second-order valence-electron chi connectivity index (χ2n) is 13.6. The molecule has 0 radical (unpaired) electrons. The second kappa shape index (κ2) is 12.3. The van der Waals surface area contributed by atoms with E-state index in [0.29, 0.717) is 47.4 Å². The minimum absolute atomic E-state index is 0.0264. The fraction of sp³-hybridized carbons (Fsp3) is 0.583. The fourth-order valence-electron chi connectivity index (χ4n) is 8.45. The van der Waals surface area contributed by atoms with Crippen molar-refractivity contribution in [1.29, 1.82) is 0 Å². The number of ether oxygens (including phenoxy) is 2. The minimum Gasteiger partial charge on any atom is -0.504 e. The van der Waals surface area contributed by atoms with Gasteiger partial charge < -0.3 is 19.0 Å². The third-order valence-electron chi connectivity index (χ3n) is 10.9. The van der Waals surface area contributed by atoms with Crippen molar-refractivity contribution >= 4 is 22.7 Å². The van der Waals surface area contributed by atoms with Gasteiger partial charge in [-0.05, 0) is 106 Å². The summed E-state index contributed by atoms with van der Waals surface area (Å²) in [6.45, 7) is 11.0. The predicted molar refractivity (Wildman–Crippen MR) is 166 cm³/mol. The van der Waals surface area contributed by atoms with Gasteiger partial charge in [0.15, 0.2) is 17.3 Å². The van der Waals surface area contributed by atoms with Crippen molar-refractivity contribution in [2.75, 3.05) is 6.61 Å². The van der Waals surface area contributed by atoms with Gasteiger partial charge in [0.05, 0.1) is 0 Å². The third-order valence-corrected chi connectivity index (χ3v) is 10.9. The topological polar surface area (TPSA) is 103 Å². The zero-order chi connectivity index (χ0) is 30.9. The first-order valence-electron chi connectivity index (χ1n) is 15.9. The molecule has 43 heavy (non-hydrogen) atoms. The molecule has 1 aromatic carbocycles. The van der Waals surface area contributed by atoms with Crippen molar-refractivity contribution in [1.82, 2.24) is 0 Å². The summed E-state index contributed by atoms with van der Waals surface area (Å²) in [5.74, 6) is 2.74. The van der Waals surface area contributed by atoms with Crippen molar-refractivity contribution in [3.63, 3.8) is 0 Å². The normalized spacial score (nSPS) is 31.0. The Kier molecular flexibility index (Phi) is 8.92. The van der Waals surface area contributed by atoms with Gasteiger partial charge in [0.1, 0.15) is 18.3 Å². The van der Waals surface area contributed by atoms with Crippen LogP contribution in [0.1, 0.15) is 92.4 Å².